The highest BCUT2D eigenvalue weighted by Gasteiger charge is 2.26. The van der Waals surface area contributed by atoms with E-state index in [1.165, 1.54) is 54.6 Å². The molecule has 0 aromatic heterocycles. The van der Waals surface area contributed by atoms with Gasteiger partial charge in [0.05, 0.1) is 19.6 Å². The van der Waals surface area contributed by atoms with Crippen molar-refractivity contribution in [3.8, 4) is 0 Å². The third-order valence-electron chi connectivity index (χ3n) is 4.30. The molecular weight excluding hydrogens is 439 g/mol. The van der Waals surface area contributed by atoms with E-state index in [4.69, 9.17) is 23.2 Å². The molecule has 3 aromatic rings. The fourth-order valence-electron chi connectivity index (χ4n) is 2.87. The van der Waals surface area contributed by atoms with Crippen LogP contribution in [0, 0.1) is 13.8 Å². The highest BCUT2D eigenvalue weighted by molar-refractivity contribution is 7.92. The van der Waals surface area contributed by atoms with Crippen LogP contribution in [0.1, 0.15) is 11.1 Å². The zero-order valence-corrected chi connectivity index (χ0v) is 18.1. The van der Waals surface area contributed by atoms with E-state index in [0.717, 1.165) is 0 Å². The van der Waals surface area contributed by atoms with Gasteiger partial charge < -0.3 is 0 Å². The average Bonchev–Trinajstić information content (AvgIpc) is 2.62. The minimum atomic E-state index is -3.92. The van der Waals surface area contributed by atoms with Gasteiger partial charge in [-0.05, 0) is 79.6 Å². The van der Waals surface area contributed by atoms with Gasteiger partial charge >= 0.3 is 0 Å². The van der Waals surface area contributed by atoms with Gasteiger partial charge in [0.2, 0.25) is 19.7 Å². The number of hydrogen-bond acceptors (Lipinski definition) is 4. The van der Waals surface area contributed by atoms with Gasteiger partial charge in [0.25, 0.3) is 0 Å². The van der Waals surface area contributed by atoms with Gasteiger partial charge in [0.1, 0.15) is 0 Å². The minimum absolute atomic E-state index is 0.0405. The number of halogens is 2. The Labute approximate surface area is 174 Å². The summed E-state index contributed by atoms with van der Waals surface area (Å²) in [6.07, 6.45) is 0. The standard InChI is InChI=1S/C20H16Cl2O4S2/c1-13-11-14(2)20(28(25,26)18-9-5-16(22)6-10-18)12-19(13)27(23,24)17-7-3-15(21)4-8-17/h3-12H,1-2H3. The molecule has 0 bridgehead atoms. The topological polar surface area (TPSA) is 68.3 Å². The smallest absolute Gasteiger partial charge is 0.206 e. The number of sulfone groups is 2. The van der Waals surface area contributed by atoms with Crippen LogP contribution in [0.15, 0.2) is 80.2 Å². The second-order valence-corrected chi connectivity index (χ2v) is 11.0. The first kappa shape index (κ1) is 20.9. The van der Waals surface area contributed by atoms with E-state index in [0.29, 0.717) is 21.2 Å². The van der Waals surface area contributed by atoms with Gasteiger partial charge in [-0.1, -0.05) is 29.3 Å². The molecule has 0 aliphatic heterocycles. The van der Waals surface area contributed by atoms with Gasteiger partial charge in [0.15, 0.2) is 0 Å². The monoisotopic (exact) mass is 454 g/mol. The van der Waals surface area contributed by atoms with Crippen LogP contribution in [-0.2, 0) is 19.7 Å². The van der Waals surface area contributed by atoms with Crippen LogP contribution < -0.4 is 0 Å². The maximum absolute atomic E-state index is 13.1. The zero-order chi connectivity index (χ0) is 20.7. The fraction of sp³-hybridized carbons (Fsp3) is 0.100. The molecule has 3 aromatic carbocycles. The Balaban J connectivity index is 2.21. The Bertz CT molecular complexity index is 1150. The molecular formula is C20H16Cl2O4S2. The van der Waals surface area contributed by atoms with Crippen molar-refractivity contribution >= 4 is 42.9 Å². The van der Waals surface area contributed by atoms with Crippen molar-refractivity contribution in [3.63, 3.8) is 0 Å². The summed E-state index contributed by atoms with van der Waals surface area (Å²) >= 11 is 11.7. The van der Waals surface area contributed by atoms with Crippen LogP contribution in [0.25, 0.3) is 0 Å². The second kappa shape index (κ2) is 7.52. The normalized spacial score (nSPS) is 12.1. The Morgan fingerprint density at radius 3 is 1.21 bits per heavy atom. The largest absolute Gasteiger partial charge is 0.219 e. The Hall–Kier alpha value is -1.86. The van der Waals surface area contributed by atoms with Gasteiger partial charge in [-0.15, -0.1) is 0 Å². The predicted molar refractivity (Wildman–Crippen MR) is 110 cm³/mol. The summed E-state index contributed by atoms with van der Waals surface area (Å²) in [7, 11) is -7.84. The molecule has 0 saturated carbocycles. The molecule has 0 spiro atoms. The highest BCUT2D eigenvalue weighted by Crippen LogP contribution is 2.32. The van der Waals surface area contributed by atoms with Crippen molar-refractivity contribution in [2.75, 3.05) is 0 Å². The van der Waals surface area contributed by atoms with Crippen molar-refractivity contribution in [2.24, 2.45) is 0 Å². The first-order valence-corrected chi connectivity index (χ1v) is 11.9. The molecule has 0 heterocycles. The summed E-state index contributed by atoms with van der Waals surface area (Å²) in [4.78, 5) is -0.0432. The third kappa shape index (κ3) is 3.82. The lowest BCUT2D eigenvalue weighted by atomic mass is 10.2. The summed E-state index contributed by atoms with van der Waals surface area (Å²) in [5, 5.41) is 0.816. The maximum Gasteiger partial charge on any atom is 0.206 e. The van der Waals surface area contributed by atoms with E-state index < -0.39 is 19.7 Å². The third-order valence-corrected chi connectivity index (χ3v) is 8.63. The van der Waals surface area contributed by atoms with E-state index in [2.05, 4.69) is 0 Å². The van der Waals surface area contributed by atoms with Crippen molar-refractivity contribution in [1.29, 1.82) is 0 Å². The molecule has 0 unspecified atom stereocenters. The molecule has 0 aliphatic carbocycles. The lowest BCUT2D eigenvalue weighted by molar-refractivity contribution is 0.593. The van der Waals surface area contributed by atoms with E-state index >= 15 is 0 Å². The summed E-state index contributed by atoms with van der Waals surface area (Å²) in [6.45, 7) is 3.27. The molecule has 3 rings (SSSR count). The van der Waals surface area contributed by atoms with Gasteiger partial charge in [0, 0.05) is 10.0 Å². The summed E-state index contributed by atoms with van der Waals surface area (Å²) < 4.78 is 52.3. The van der Waals surface area contributed by atoms with Crippen molar-refractivity contribution in [2.45, 2.75) is 33.4 Å². The number of aryl methyl sites for hydroxylation is 2. The predicted octanol–water partition coefficient (Wildman–Crippen LogP) is 5.28. The van der Waals surface area contributed by atoms with Crippen LogP contribution in [-0.4, -0.2) is 16.8 Å². The molecule has 146 valence electrons. The van der Waals surface area contributed by atoms with Gasteiger partial charge in [-0.25, -0.2) is 16.8 Å². The number of rotatable bonds is 4. The molecule has 0 atom stereocenters. The minimum Gasteiger partial charge on any atom is -0.219 e. The average molecular weight is 455 g/mol. The van der Waals surface area contributed by atoms with E-state index in [1.54, 1.807) is 19.9 Å². The fourth-order valence-corrected chi connectivity index (χ4v) is 6.21. The summed E-state index contributed by atoms with van der Waals surface area (Å²) in [5.74, 6) is 0. The molecule has 28 heavy (non-hydrogen) atoms. The van der Waals surface area contributed by atoms with Crippen molar-refractivity contribution in [1.82, 2.24) is 0 Å². The lowest BCUT2D eigenvalue weighted by Crippen LogP contribution is -2.09. The molecule has 0 radical (unpaired) electrons. The quantitative estimate of drug-likeness (QED) is 0.537. The summed E-state index contributed by atoms with van der Waals surface area (Å²) in [6, 6.07) is 14.3. The molecule has 0 aliphatic rings. The highest BCUT2D eigenvalue weighted by atomic mass is 35.5. The molecule has 0 N–H and O–H groups in total. The van der Waals surface area contributed by atoms with Gasteiger partial charge in [-0.2, -0.15) is 0 Å². The molecule has 4 nitrogen and oxygen atoms in total. The van der Waals surface area contributed by atoms with Crippen LogP contribution in [0.5, 0.6) is 0 Å². The van der Waals surface area contributed by atoms with Crippen LogP contribution >= 0.6 is 23.2 Å². The SMILES string of the molecule is Cc1cc(C)c(S(=O)(=O)c2ccc(Cl)cc2)cc1S(=O)(=O)c1ccc(Cl)cc1. The lowest BCUT2D eigenvalue weighted by Gasteiger charge is -2.14. The van der Waals surface area contributed by atoms with E-state index in [1.807, 2.05) is 0 Å². The second-order valence-electron chi connectivity index (χ2n) is 6.30. The molecule has 0 amide bonds. The van der Waals surface area contributed by atoms with E-state index in [-0.39, 0.29) is 19.6 Å². The molecule has 0 saturated heterocycles. The van der Waals surface area contributed by atoms with Crippen LogP contribution in [0.2, 0.25) is 10.0 Å². The maximum atomic E-state index is 13.1. The van der Waals surface area contributed by atoms with Crippen LogP contribution in [0.4, 0.5) is 0 Å². The van der Waals surface area contributed by atoms with E-state index in [9.17, 15) is 16.8 Å². The Morgan fingerprint density at radius 1 is 0.571 bits per heavy atom. The first-order chi connectivity index (χ1) is 13.0. The number of benzene rings is 3. The Kier molecular flexibility index (Phi) is 5.60. The van der Waals surface area contributed by atoms with Crippen molar-refractivity contribution in [3.05, 3.63) is 81.8 Å². The van der Waals surface area contributed by atoms with Crippen molar-refractivity contribution < 1.29 is 16.8 Å². The first-order valence-electron chi connectivity index (χ1n) is 8.16. The van der Waals surface area contributed by atoms with Gasteiger partial charge in [-0.3, -0.25) is 0 Å². The summed E-state index contributed by atoms with van der Waals surface area (Å²) in [5.41, 5.74) is 0.921. The molecule has 0 fully saturated rings. The molecule has 8 heteroatoms. The van der Waals surface area contributed by atoms with Crippen LogP contribution in [0.3, 0.4) is 0 Å². The zero-order valence-electron chi connectivity index (χ0n) is 15.0. The number of hydrogen-bond donors (Lipinski definition) is 0. The Morgan fingerprint density at radius 2 is 0.893 bits per heavy atom.